The summed E-state index contributed by atoms with van der Waals surface area (Å²) in [7, 11) is -3.14. The van der Waals surface area contributed by atoms with Crippen molar-refractivity contribution in [1.82, 2.24) is 10.6 Å². The van der Waals surface area contributed by atoms with E-state index in [9.17, 15) is 18.0 Å². The first-order valence-electron chi connectivity index (χ1n) is 6.30. The zero-order chi connectivity index (χ0) is 14.9. The summed E-state index contributed by atoms with van der Waals surface area (Å²) in [5.41, 5.74) is 0. The molecule has 0 radical (unpaired) electrons. The molecule has 0 aromatic carbocycles. The summed E-state index contributed by atoms with van der Waals surface area (Å²) in [6, 6.07) is -1.61. The highest BCUT2D eigenvalue weighted by Crippen LogP contribution is 1.96. The summed E-state index contributed by atoms with van der Waals surface area (Å²) < 4.78 is 22.8. The van der Waals surface area contributed by atoms with Crippen LogP contribution < -0.4 is 10.6 Å². The number of aliphatic carboxylic acids is 1. The summed E-state index contributed by atoms with van der Waals surface area (Å²) in [5.74, 6) is -1.15. The highest BCUT2D eigenvalue weighted by molar-refractivity contribution is 7.91. The standard InChI is InChI=1S/C11H22N2O5S/c1-3-5-9(10(14)15)13-11(16)12-6-8-19(17,18)7-4-2/h9H,3-8H2,1-2H3,(H,14,15)(H2,12,13,16). The number of carboxylic acids is 1. The number of carboxylic acid groups (broad SMARTS) is 1. The number of hydrogen-bond donors (Lipinski definition) is 3. The first kappa shape index (κ1) is 17.7. The second kappa shape index (κ2) is 8.73. The van der Waals surface area contributed by atoms with Crippen LogP contribution in [0.2, 0.25) is 0 Å². The molecule has 19 heavy (non-hydrogen) atoms. The monoisotopic (exact) mass is 294 g/mol. The molecule has 1 atom stereocenters. The Labute approximate surface area is 113 Å². The van der Waals surface area contributed by atoms with Gasteiger partial charge < -0.3 is 15.7 Å². The Morgan fingerprint density at radius 2 is 1.79 bits per heavy atom. The van der Waals surface area contributed by atoms with Gasteiger partial charge in [0.15, 0.2) is 9.84 Å². The maximum absolute atomic E-state index is 11.4. The first-order valence-corrected chi connectivity index (χ1v) is 8.12. The number of amides is 2. The van der Waals surface area contributed by atoms with Crippen molar-refractivity contribution in [3.63, 3.8) is 0 Å². The van der Waals surface area contributed by atoms with Gasteiger partial charge in [0.05, 0.1) is 5.75 Å². The Kier molecular flexibility index (Phi) is 8.13. The lowest BCUT2D eigenvalue weighted by atomic mass is 10.2. The third-order valence-electron chi connectivity index (χ3n) is 2.39. The van der Waals surface area contributed by atoms with Crippen LogP contribution in [-0.2, 0) is 14.6 Å². The van der Waals surface area contributed by atoms with Crippen LogP contribution in [0.15, 0.2) is 0 Å². The number of rotatable bonds is 9. The number of nitrogens with one attached hydrogen (secondary N) is 2. The zero-order valence-corrected chi connectivity index (χ0v) is 12.1. The van der Waals surface area contributed by atoms with Crippen molar-refractivity contribution in [2.45, 2.75) is 39.2 Å². The fourth-order valence-electron chi connectivity index (χ4n) is 1.49. The number of carbonyl (C=O) groups is 2. The van der Waals surface area contributed by atoms with Crippen LogP contribution in [0, 0.1) is 0 Å². The molecule has 0 heterocycles. The maximum Gasteiger partial charge on any atom is 0.326 e. The van der Waals surface area contributed by atoms with Crippen LogP contribution in [0.1, 0.15) is 33.1 Å². The molecule has 3 N–H and O–H groups in total. The predicted octanol–water partition coefficient (Wildman–Crippen LogP) is 0.364. The van der Waals surface area contributed by atoms with E-state index in [4.69, 9.17) is 5.11 Å². The summed E-state index contributed by atoms with van der Waals surface area (Å²) >= 11 is 0. The Hall–Kier alpha value is -1.31. The van der Waals surface area contributed by atoms with Crippen molar-refractivity contribution in [3.05, 3.63) is 0 Å². The van der Waals surface area contributed by atoms with E-state index in [-0.39, 0.29) is 18.1 Å². The van der Waals surface area contributed by atoms with Crippen molar-refractivity contribution in [2.75, 3.05) is 18.1 Å². The molecule has 0 fully saturated rings. The van der Waals surface area contributed by atoms with E-state index in [1.54, 1.807) is 6.92 Å². The number of carbonyl (C=O) groups excluding carboxylic acids is 1. The van der Waals surface area contributed by atoms with Crippen LogP contribution in [-0.4, -0.2) is 49.6 Å². The summed E-state index contributed by atoms with van der Waals surface area (Å²) in [6.07, 6.45) is 1.49. The van der Waals surface area contributed by atoms with E-state index in [0.29, 0.717) is 19.3 Å². The van der Waals surface area contributed by atoms with E-state index in [0.717, 1.165) is 0 Å². The molecule has 0 aliphatic heterocycles. The van der Waals surface area contributed by atoms with Crippen molar-refractivity contribution < 1.29 is 23.1 Å². The van der Waals surface area contributed by atoms with Crippen LogP contribution in [0.4, 0.5) is 4.79 Å². The Bertz CT molecular complexity index is 394. The molecular weight excluding hydrogens is 272 g/mol. The smallest absolute Gasteiger partial charge is 0.326 e. The zero-order valence-electron chi connectivity index (χ0n) is 11.3. The van der Waals surface area contributed by atoms with Crippen LogP contribution in [0.5, 0.6) is 0 Å². The largest absolute Gasteiger partial charge is 0.480 e. The average Bonchev–Trinajstić information content (AvgIpc) is 2.27. The van der Waals surface area contributed by atoms with E-state index < -0.39 is 27.9 Å². The minimum Gasteiger partial charge on any atom is -0.480 e. The topological polar surface area (TPSA) is 113 Å². The minimum absolute atomic E-state index is 0.0212. The van der Waals surface area contributed by atoms with Crippen molar-refractivity contribution in [2.24, 2.45) is 0 Å². The molecule has 0 rings (SSSR count). The summed E-state index contributed by atoms with van der Waals surface area (Å²) in [5, 5.41) is 13.5. The SMILES string of the molecule is CCCC(NC(=O)NCCS(=O)(=O)CCC)C(=O)O. The number of hydrogen-bond acceptors (Lipinski definition) is 4. The van der Waals surface area contributed by atoms with Crippen LogP contribution in [0.25, 0.3) is 0 Å². The van der Waals surface area contributed by atoms with Gasteiger partial charge in [0.25, 0.3) is 0 Å². The maximum atomic E-state index is 11.4. The van der Waals surface area contributed by atoms with Gasteiger partial charge in [-0.2, -0.15) is 0 Å². The fraction of sp³-hybridized carbons (Fsp3) is 0.818. The highest BCUT2D eigenvalue weighted by atomic mass is 32.2. The van der Waals surface area contributed by atoms with Crippen molar-refractivity contribution >= 4 is 21.8 Å². The summed E-state index contributed by atoms with van der Waals surface area (Å²) in [4.78, 5) is 22.2. The van der Waals surface area contributed by atoms with Gasteiger partial charge in [-0.1, -0.05) is 20.3 Å². The number of sulfone groups is 1. The van der Waals surface area contributed by atoms with Gasteiger partial charge in [-0.15, -0.1) is 0 Å². The van der Waals surface area contributed by atoms with Gasteiger partial charge in [-0.25, -0.2) is 18.0 Å². The third kappa shape index (κ3) is 8.41. The van der Waals surface area contributed by atoms with Crippen LogP contribution >= 0.6 is 0 Å². The average molecular weight is 294 g/mol. The van der Waals surface area contributed by atoms with Crippen molar-refractivity contribution in [1.29, 1.82) is 0 Å². The molecule has 0 aromatic heterocycles. The third-order valence-corrected chi connectivity index (χ3v) is 4.25. The molecule has 8 heteroatoms. The van der Waals surface area contributed by atoms with Gasteiger partial charge in [0.1, 0.15) is 6.04 Å². The molecular formula is C11H22N2O5S. The predicted molar refractivity (Wildman–Crippen MR) is 71.8 cm³/mol. The summed E-state index contributed by atoms with van der Waals surface area (Å²) in [6.45, 7) is 3.55. The second-order valence-corrected chi connectivity index (χ2v) is 6.54. The molecule has 7 nitrogen and oxygen atoms in total. The molecule has 1 unspecified atom stereocenters. The Morgan fingerprint density at radius 3 is 2.26 bits per heavy atom. The first-order chi connectivity index (χ1) is 8.82. The molecule has 112 valence electrons. The lowest BCUT2D eigenvalue weighted by Crippen LogP contribution is -2.46. The van der Waals surface area contributed by atoms with Gasteiger partial charge in [0, 0.05) is 12.3 Å². The molecule has 0 aliphatic rings. The lowest BCUT2D eigenvalue weighted by molar-refractivity contribution is -0.139. The fourth-order valence-corrected chi connectivity index (χ4v) is 2.73. The van der Waals surface area contributed by atoms with E-state index in [1.807, 2.05) is 6.92 Å². The molecule has 0 saturated carbocycles. The van der Waals surface area contributed by atoms with Crippen molar-refractivity contribution in [3.8, 4) is 0 Å². The van der Waals surface area contributed by atoms with E-state index in [1.165, 1.54) is 0 Å². The van der Waals surface area contributed by atoms with Gasteiger partial charge in [-0.3, -0.25) is 0 Å². The van der Waals surface area contributed by atoms with E-state index in [2.05, 4.69) is 10.6 Å². The molecule has 0 bridgehead atoms. The Morgan fingerprint density at radius 1 is 1.16 bits per heavy atom. The lowest BCUT2D eigenvalue weighted by Gasteiger charge is -2.14. The van der Waals surface area contributed by atoms with Crippen LogP contribution in [0.3, 0.4) is 0 Å². The molecule has 0 saturated heterocycles. The number of urea groups is 1. The molecule has 0 aromatic rings. The van der Waals surface area contributed by atoms with E-state index >= 15 is 0 Å². The molecule has 0 aliphatic carbocycles. The normalized spacial score (nSPS) is 12.7. The minimum atomic E-state index is -3.14. The highest BCUT2D eigenvalue weighted by Gasteiger charge is 2.18. The quantitative estimate of drug-likeness (QED) is 0.568. The second-order valence-electron chi connectivity index (χ2n) is 4.23. The van der Waals surface area contributed by atoms with Gasteiger partial charge in [-0.05, 0) is 12.8 Å². The molecule has 0 spiro atoms. The van der Waals surface area contributed by atoms with Gasteiger partial charge in [0.2, 0.25) is 0 Å². The van der Waals surface area contributed by atoms with Gasteiger partial charge >= 0.3 is 12.0 Å². The molecule has 2 amide bonds. The Balaban J connectivity index is 4.08.